The minimum atomic E-state index is -4.85. The number of nitrogens with one attached hydrogen (secondary N) is 1. The van der Waals surface area contributed by atoms with Gasteiger partial charge in [-0.15, -0.1) is 18.3 Å². The van der Waals surface area contributed by atoms with E-state index in [-0.39, 0.29) is 17.5 Å². The number of hydrogen-bond donors (Lipinski definition) is 1. The van der Waals surface area contributed by atoms with Gasteiger partial charge in [-0.2, -0.15) is 0 Å². The predicted molar refractivity (Wildman–Crippen MR) is 85.8 cm³/mol. The van der Waals surface area contributed by atoms with E-state index < -0.39 is 18.0 Å². The standard InChI is InChI=1S/C16H9ClF3N3O3/c17-11-5-1-4-10(7-11)14-22-23-15(25-14)21-13(24)9-3-2-6-12(8-9)26-16(18,19)20/h1-8H,(H,21,23,24). The maximum absolute atomic E-state index is 12.2. The second-order valence-corrected chi connectivity index (χ2v) is 5.39. The number of alkyl halides is 3. The number of amides is 1. The van der Waals surface area contributed by atoms with Gasteiger partial charge < -0.3 is 9.15 Å². The van der Waals surface area contributed by atoms with Crippen molar-refractivity contribution in [1.29, 1.82) is 0 Å². The highest BCUT2D eigenvalue weighted by Gasteiger charge is 2.31. The molecule has 0 fully saturated rings. The highest BCUT2D eigenvalue weighted by molar-refractivity contribution is 6.30. The number of halogens is 4. The van der Waals surface area contributed by atoms with Gasteiger partial charge in [0.25, 0.3) is 5.91 Å². The zero-order valence-electron chi connectivity index (χ0n) is 12.7. The maximum atomic E-state index is 12.2. The Balaban J connectivity index is 1.74. The van der Waals surface area contributed by atoms with Gasteiger partial charge in [-0.3, -0.25) is 10.1 Å². The van der Waals surface area contributed by atoms with Crippen molar-refractivity contribution in [2.75, 3.05) is 5.32 Å². The van der Waals surface area contributed by atoms with Crippen LogP contribution in [0.15, 0.2) is 52.9 Å². The number of nitrogens with zero attached hydrogens (tertiary/aromatic N) is 2. The zero-order valence-corrected chi connectivity index (χ0v) is 13.5. The van der Waals surface area contributed by atoms with Gasteiger partial charge in [0.05, 0.1) is 0 Å². The van der Waals surface area contributed by atoms with E-state index in [0.29, 0.717) is 10.6 Å². The maximum Gasteiger partial charge on any atom is 0.573 e. The van der Waals surface area contributed by atoms with Crippen LogP contribution in [-0.2, 0) is 0 Å². The molecule has 10 heteroatoms. The lowest BCUT2D eigenvalue weighted by atomic mass is 10.2. The topological polar surface area (TPSA) is 77.3 Å². The molecular formula is C16H9ClF3N3O3. The van der Waals surface area contributed by atoms with Crippen molar-refractivity contribution in [1.82, 2.24) is 10.2 Å². The molecule has 1 N–H and O–H groups in total. The number of aromatic nitrogens is 2. The molecule has 1 heterocycles. The molecule has 0 saturated carbocycles. The Labute approximate surface area is 149 Å². The van der Waals surface area contributed by atoms with E-state index in [0.717, 1.165) is 12.1 Å². The van der Waals surface area contributed by atoms with Gasteiger partial charge in [0.1, 0.15) is 5.75 Å². The van der Waals surface area contributed by atoms with E-state index >= 15 is 0 Å². The van der Waals surface area contributed by atoms with E-state index in [2.05, 4.69) is 20.3 Å². The highest BCUT2D eigenvalue weighted by atomic mass is 35.5. The fourth-order valence-corrected chi connectivity index (χ4v) is 2.21. The summed E-state index contributed by atoms with van der Waals surface area (Å²) in [6.07, 6.45) is -4.85. The first-order valence-corrected chi connectivity index (χ1v) is 7.44. The van der Waals surface area contributed by atoms with E-state index in [1.165, 1.54) is 12.1 Å². The second kappa shape index (κ2) is 7.04. The number of hydrogen-bond acceptors (Lipinski definition) is 5. The number of rotatable bonds is 4. The van der Waals surface area contributed by atoms with Crippen LogP contribution in [0.1, 0.15) is 10.4 Å². The van der Waals surface area contributed by atoms with E-state index in [4.69, 9.17) is 16.0 Å². The molecule has 3 rings (SSSR count). The summed E-state index contributed by atoms with van der Waals surface area (Å²) in [5, 5.41) is 10.2. The first kappa shape index (κ1) is 17.7. The Bertz CT molecular complexity index is 943. The van der Waals surface area contributed by atoms with Crippen LogP contribution in [0, 0.1) is 0 Å². The third-order valence-corrected chi connectivity index (χ3v) is 3.28. The van der Waals surface area contributed by atoms with E-state index in [1.54, 1.807) is 24.3 Å². The number of ether oxygens (including phenoxy) is 1. The molecule has 3 aromatic rings. The summed E-state index contributed by atoms with van der Waals surface area (Å²) < 4.78 is 45.8. The van der Waals surface area contributed by atoms with Gasteiger partial charge in [0, 0.05) is 16.1 Å². The number of benzene rings is 2. The molecule has 0 unspecified atom stereocenters. The molecule has 2 aromatic carbocycles. The molecule has 0 bridgehead atoms. The summed E-state index contributed by atoms with van der Waals surface area (Å²) in [4.78, 5) is 12.1. The lowest BCUT2D eigenvalue weighted by Gasteiger charge is -2.09. The molecule has 0 aliphatic rings. The summed E-state index contributed by atoms with van der Waals surface area (Å²) in [6.45, 7) is 0. The Morgan fingerprint density at radius 1 is 1.12 bits per heavy atom. The van der Waals surface area contributed by atoms with Crippen LogP contribution in [-0.4, -0.2) is 22.5 Å². The van der Waals surface area contributed by atoms with Crippen molar-refractivity contribution in [2.45, 2.75) is 6.36 Å². The minimum absolute atomic E-state index is 0.0748. The van der Waals surface area contributed by atoms with Crippen molar-refractivity contribution in [3.05, 3.63) is 59.1 Å². The SMILES string of the molecule is O=C(Nc1nnc(-c2cccc(Cl)c2)o1)c1cccc(OC(F)(F)F)c1. The predicted octanol–water partition coefficient (Wildman–Crippen LogP) is 4.54. The Morgan fingerprint density at radius 2 is 1.88 bits per heavy atom. The molecule has 26 heavy (non-hydrogen) atoms. The third kappa shape index (κ3) is 4.51. The second-order valence-electron chi connectivity index (χ2n) is 4.95. The molecule has 0 atom stereocenters. The molecule has 1 amide bonds. The average molecular weight is 384 g/mol. The molecule has 134 valence electrons. The highest BCUT2D eigenvalue weighted by Crippen LogP contribution is 2.25. The van der Waals surface area contributed by atoms with Gasteiger partial charge in [-0.1, -0.05) is 28.8 Å². The monoisotopic (exact) mass is 383 g/mol. The summed E-state index contributed by atoms with van der Waals surface area (Å²) in [5.41, 5.74) is 0.473. The number of anilines is 1. The van der Waals surface area contributed by atoms with Gasteiger partial charge in [-0.05, 0) is 36.4 Å². The zero-order chi connectivity index (χ0) is 18.7. The van der Waals surface area contributed by atoms with Crippen LogP contribution < -0.4 is 10.1 Å². The van der Waals surface area contributed by atoms with Crippen LogP contribution in [0.3, 0.4) is 0 Å². The third-order valence-electron chi connectivity index (χ3n) is 3.05. The lowest BCUT2D eigenvalue weighted by Crippen LogP contribution is -2.18. The molecule has 0 spiro atoms. The summed E-state index contributed by atoms with van der Waals surface area (Å²) in [7, 11) is 0. The number of carbonyl (C=O) groups is 1. The quantitative estimate of drug-likeness (QED) is 0.715. The van der Waals surface area contributed by atoms with Gasteiger partial charge in [-0.25, -0.2) is 0 Å². The average Bonchev–Trinajstić information content (AvgIpc) is 3.02. The van der Waals surface area contributed by atoms with Crippen LogP contribution in [0.5, 0.6) is 5.75 Å². The van der Waals surface area contributed by atoms with Crippen LogP contribution in [0.25, 0.3) is 11.5 Å². The molecule has 0 saturated heterocycles. The summed E-state index contributed by atoms with van der Waals surface area (Å²) >= 11 is 5.87. The number of carbonyl (C=O) groups excluding carboxylic acids is 1. The van der Waals surface area contributed by atoms with E-state index in [9.17, 15) is 18.0 Å². The van der Waals surface area contributed by atoms with Crippen molar-refractivity contribution in [3.8, 4) is 17.2 Å². The molecule has 0 aliphatic carbocycles. The van der Waals surface area contributed by atoms with E-state index in [1.807, 2.05) is 0 Å². The van der Waals surface area contributed by atoms with Crippen LogP contribution in [0.2, 0.25) is 5.02 Å². The van der Waals surface area contributed by atoms with Crippen molar-refractivity contribution >= 4 is 23.5 Å². The fraction of sp³-hybridized carbons (Fsp3) is 0.0625. The smallest absolute Gasteiger partial charge is 0.406 e. The molecular weight excluding hydrogens is 375 g/mol. The van der Waals surface area contributed by atoms with Crippen molar-refractivity contribution < 1.29 is 27.1 Å². The molecule has 0 aliphatic heterocycles. The summed E-state index contributed by atoms with van der Waals surface area (Å²) in [5.74, 6) is -1.13. The lowest BCUT2D eigenvalue weighted by molar-refractivity contribution is -0.274. The Hall–Kier alpha value is -3.07. The van der Waals surface area contributed by atoms with Gasteiger partial charge in [0.2, 0.25) is 5.89 Å². The van der Waals surface area contributed by atoms with Crippen molar-refractivity contribution in [3.63, 3.8) is 0 Å². The first-order valence-electron chi connectivity index (χ1n) is 7.07. The largest absolute Gasteiger partial charge is 0.573 e. The van der Waals surface area contributed by atoms with Crippen LogP contribution >= 0.6 is 11.6 Å². The van der Waals surface area contributed by atoms with Gasteiger partial charge in [0.15, 0.2) is 0 Å². The fourth-order valence-electron chi connectivity index (χ4n) is 2.02. The molecule has 1 aromatic heterocycles. The minimum Gasteiger partial charge on any atom is -0.406 e. The molecule has 6 nitrogen and oxygen atoms in total. The molecule has 0 radical (unpaired) electrons. The Kier molecular flexibility index (Phi) is 4.81. The van der Waals surface area contributed by atoms with Crippen molar-refractivity contribution in [2.24, 2.45) is 0 Å². The first-order chi connectivity index (χ1) is 12.3. The summed E-state index contributed by atoms with van der Waals surface area (Å²) in [6, 6.07) is 11.0. The normalized spacial score (nSPS) is 11.2. The Morgan fingerprint density at radius 3 is 2.62 bits per heavy atom. The van der Waals surface area contributed by atoms with Gasteiger partial charge >= 0.3 is 12.4 Å². The van der Waals surface area contributed by atoms with Crippen LogP contribution in [0.4, 0.5) is 19.2 Å².